The van der Waals surface area contributed by atoms with E-state index in [4.69, 9.17) is 0 Å². The van der Waals surface area contributed by atoms with E-state index in [1.54, 1.807) is 0 Å². The summed E-state index contributed by atoms with van der Waals surface area (Å²) in [6.07, 6.45) is 22.5. The predicted molar refractivity (Wildman–Crippen MR) is 218 cm³/mol. The second-order valence-electron chi connectivity index (χ2n) is 13.3. The molecule has 0 fully saturated rings. The zero-order chi connectivity index (χ0) is 35.8. The minimum atomic E-state index is 1.04. The molecule has 6 nitrogen and oxygen atoms in total. The van der Waals surface area contributed by atoms with Gasteiger partial charge in [0.25, 0.3) is 0 Å². The second-order valence-corrected chi connectivity index (χ2v) is 13.3. The van der Waals surface area contributed by atoms with Crippen LogP contribution >= 0.6 is 0 Å². The fourth-order valence-electron chi connectivity index (χ4n) is 7.70. The molecule has 6 heterocycles. The number of fused-ring (bicyclic) bond motifs is 6. The van der Waals surface area contributed by atoms with Crippen molar-refractivity contribution in [1.29, 1.82) is 0 Å². The van der Waals surface area contributed by atoms with Gasteiger partial charge in [-0.25, -0.2) is 0 Å². The minimum absolute atomic E-state index is 1.04. The average Bonchev–Trinajstić information content (AvgIpc) is 3.27. The van der Waals surface area contributed by atoms with Gasteiger partial charge < -0.3 is 0 Å². The minimum Gasteiger partial charge on any atom is -0.264 e. The van der Waals surface area contributed by atoms with E-state index in [2.05, 4.69) is 103 Å². The maximum Gasteiger partial charge on any atom is 0.0346 e. The highest BCUT2D eigenvalue weighted by Crippen LogP contribution is 2.47. The van der Waals surface area contributed by atoms with Crippen LogP contribution in [0.25, 0.3) is 99.1 Å². The first-order chi connectivity index (χ1) is 26.8. The Kier molecular flexibility index (Phi) is 7.69. The molecule has 0 aliphatic heterocycles. The fourth-order valence-corrected chi connectivity index (χ4v) is 7.70. The Hall–Kier alpha value is -7.44. The zero-order valence-corrected chi connectivity index (χ0v) is 29.0. The topological polar surface area (TPSA) is 77.3 Å². The van der Waals surface area contributed by atoms with E-state index in [0.717, 1.165) is 99.1 Å². The quantitative estimate of drug-likeness (QED) is 0.162. The predicted octanol–water partition coefficient (Wildman–Crippen LogP) is 11.5. The maximum absolute atomic E-state index is 4.53. The lowest BCUT2D eigenvalue weighted by molar-refractivity contribution is 1.32. The Morgan fingerprint density at radius 3 is 0.519 bits per heavy atom. The first-order valence-electron chi connectivity index (χ1n) is 17.8. The zero-order valence-electron chi connectivity index (χ0n) is 29.0. The fraction of sp³-hybridized carbons (Fsp3) is 0. The third-order valence-electron chi connectivity index (χ3n) is 10.2. The van der Waals surface area contributed by atoms with E-state index in [0.29, 0.717) is 0 Å². The van der Waals surface area contributed by atoms with Gasteiger partial charge in [-0.2, -0.15) is 0 Å². The third-order valence-corrected chi connectivity index (χ3v) is 10.2. The summed E-state index contributed by atoms with van der Waals surface area (Å²) in [4.78, 5) is 27.2. The van der Waals surface area contributed by atoms with E-state index in [-0.39, 0.29) is 0 Å². The molecule has 0 saturated heterocycles. The molecular formula is C48H30N6. The summed E-state index contributed by atoms with van der Waals surface area (Å²) in [5.41, 5.74) is 12.7. The van der Waals surface area contributed by atoms with E-state index in [1.807, 2.05) is 111 Å². The Morgan fingerprint density at radius 2 is 0.389 bits per heavy atom. The van der Waals surface area contributed by atoms with Crippen molar-refractivity contribution in [3.63, 3.8) is 0 Å². The molecule has 6 aromatic heterocycles. The number of pyridine rings is 6. The van der Waals surface area contributed by atoms with Crippen molar-refractivity contribution in [1.82, 2.24) is 29.9 Å². The molecule has 4 aromatic carbocycles. The molecule has 0 atom stereocenters. The number of benzene rings is 4. The molecule has 54 heavy (non-hydrogen) atoms. The second kappa shape index (κ2) is 13.3. The van der Waals surface area contributed by atoms with Gasteiger partial charge in [-0.3, -0.25) is 29.9 Å². The van der Waals surface area contributed by atoms with Gasteiger partial charge in [-0.05, 0) is 138 Å². The molecule has 0 bridgehead atoms. The van der Waals surface area contributed by atoms with Crippen molar-refractivity contribution in [2.24, 2.45) is 0 Å². The molecule has 0 aliphatic carbocycles. The van der Waals surface area contributed by atoms with E-state index in [9.17, 15) is 0 Å². The largest absolute Gasteiger partial charge is 0.264 e. The maximum atomic E-state index is 4.53. The molecule has 0 radical (unpaired) electrons. The summed E-state index contributed by atoms with van der Waals surface area (Å²) in [5.74, 6) is 0. The highest BCUT2D eigenvalue weighted by molar-refractivity contribution is 6.29. The summed E-state index contributed by atoms with van der Waals surface area (Å²) >= 11 is 0. The monoisotopic (exact) mass is 690 g/mol. The van der Waals surface area contributed by atoms with Crippen LogP contribution in [0.5, 0.6) is 0 Å². The molecule has 0 spiro atoms. The number of aromatic nitrogens is 6. The smallest absolute Gasteiger partial charge is 0.0346 e. The van der Waals surface area contributed by atoms with Crippen LogP contribution in [0.15, 0.2) is 184 Å². The average molecular weight is 691 g/mol. The number of nitrogens with zero attached hydrogens (tertiary/aromatic N) is 6. The lowest BCUT2D eigenvalue weighted by Gasteiger charge is -2.20. The lowest BCUT2D eigenvalue weighted by atomic mass is 9.83. The third kappa shape index (κ3) is 5.45. The van der Waals surface area contributed by atoms with E-state index in [1.165, 1.54) is 0 Å². The molecule has 0 amide bonds. The van der Waals surface area contributed by atoms with Crippen LogP contribution < -0.4 is 0 Å². The van der Waals surface area contributed by atoms with Crippen molar-refractivity contribution >= 4 is 32.3 Å². The highest BCUT2D eigenvalue weighted by Gasteiger charge is 2.21. The van der Waals surface area contributed by atoms with Gasteiger partial charge in [0.05, 0.1) is 0 Å². The van der Waals surface area contributed by atoms with Crippen molar-refractivity contribution in [2.75, 3.05) is 0 Å². The van der Waals surface area contributed by atoms with Crippen molar-refractivity contribution in [3.8, 4) is 66.8 Å². The van der Waals surface area contributed by atoms with Crippen LogP contribution in [0.4, 0.5) is 0 Å². The van der Waals surface area contributed by atoms with Crippen molar-refractivity contribution < 1.29 is 0 Å². The Labute approximate surface area is 311 Å². The number of hydrogen-bond acceptors (Lipinski definition) is 6. The van der Waals surface area contributed by atoms with Crippen LogP contribution in [0.2, 0.25) is 0 Å². The normalized spacial score (nSPS) is 11.3. The molecule has 0 unspecified atom stereocenters. The SMILES string of the molecule is c1cncc(-c2cc3c4cc(-c5cccnc5)c(-c5cccnc5)cc4c4cc(-c5cccnc5)c(-c5cccnc5)cc4c3cc2-c2cccnc2)c1. The van der Waals surface area contributed by atoms with Crippen molar-refractivity contribution in [2.45, 2.75) is 0 Å². The Bertz CT molecular complexity index is 2380. The summed E-state index contributed by atoms with van der Waals surface area (Å²) in [7, 11) is 0. The highest BCUT2D eigenvalue weighted by atomic mass is 14.6. The van der Waals surface area contributed by atoms with E-state index >= 15 is 0 Å². The molecule has 0 saturated carbocycles. The Balaban J connectivity index is 1.42. The molecule has 10 aromatic rings. The van der Waals surface area contributed by atoms with Crippen LogP contribution in [-0.2, 0) is 0 Å². The van der Waals surface area contributed by atoms with Crippen LogP contribution in [-0.4, -0.2) is 29.9 Å². The van der Waals surface area contributed by atoms with Crippen molar-refractivity contribution in [3.05, 3.63) is 184 Å². The summed E-state index contributed by atoms with van der Waals surface area (Å²) in [5, 5.41) is 6.82. The molecule has 252 valence electrons. The summed E-state index contributed by atoms with van der Waals surface area (Å²) in [6.45, 7) is 0. The summed E-state index contributed by atoms with van der Waals surface area (Å²) in [6, 6.07) is 38.7. The molecule has 0 N–H and O–H groups in total. The van der Waals surface area contributed by atoms with Crippen LogP contribution in [0.3, 0.4) is 0 Å². The molecule has 0 aliphatic rings. The Morgan fingerprint density at radius 1 is 0.222 bits per heavy atom. The first-order valence-corrected chi connectivity index (χ1v) is 17.8. The standard InChI is InChI=1S/C48H30N6/c1-7-31(25-49-13-1)37-19-43-44(20-38(37)32-8-2-14-50-26-32)46-22-40(34-10-4-16-52-28-34)42(36-12-6-18-54-30-36)24-48(46)47-23-41(35-11-5-17-53-29-35)39(21-45(43)47)33-9-3-15-51-27-33/h1-30H. The first kappa shape index (κ1) is 31.3. The van der Waals surface area contributed by atoms with E-state index < -0.39 is 0 Å². The molecular weight excluding hydrogens is 661 g/mol. The lowest BCUT2D eigenvalue weighted by Crippen LogP contribution is -1.94. The van der Waals surface area contributed by atoms with Gasteiger partial charge in [-0.1, -0.05) is 36.4 Å². The van der Waals surface area contributed by atoms with Gasteiger partial charge in [0.2, 0.25) is 0 Å². The van der Waals surface area contributed by atoms with Gasteiger partial charge in [-0.15, -0.1) is 0 Å². The van der Waals surface area contributed by atoms with Gasteiger partial charge in [0, 0.05) is 108 Å². The van der Waals surface area contributed by atoms with Gasteiger partial charge in [0.1, 0.15) is 0 Å². The van der Waals surface area contributed by atoms with Crippen LogP contribution in [0, 0.1) is 0 Å². The molecule has 6 heteroatoms. The molecule has 10 rings (SSSR count). The summed E-state index contributed by atoms with van der Waals surface area (Å²) < 4.78 is 0. The number of hydrogen-bond donors (Lipinski definition) is 0. The van der Waals surface area contributed by atoms with Gasteiger partial charge >= 0.3 is 0 Å². The van der Waals surface area contributed by atoms with Crippen LogP contribution in [0.1, 0.15) is 0 Å². The number of rotatable bonds is 6. The van der Waals surface area contributed by atoms with Gasteiger partial charge in [0.15, 0.2) is 0 Å².